The summed E-state index contributed by atoms with van der Waals surface area (Å²) in [4.78, 5) is 11.7. The minimum atomic E-state index is -3.70. The van der Waals surface area contributed by atoms with Gasteiger partial charge < -0.3 is 9.47 Å². The number of alkyl halides is 1. The molecule has 9 heteroatoms. The van der Waals surface area contributed by atoms with Crippen LogP contribution in [0.2, 0.25) is 0 Å². The Labute approximate surface area is 157 Å². The molecule has 0 bridgehead atoms. The van der Waals surface area contributed by atoms with E-state index in [2.05, 4.69) is 0 Å². The molecule has 1 aromatic rings. The van der Waals surface area contributed by atoms with E-state index in [0.717, 1.165) is 12.1 Å². The molecule has 0 fully saturated rings. The van der Waals surface area contributed by atoms with Crippen molar-refractivity contribution >= 4 is 6.04 Å². The monoisotopic (exact) mass is 408 g/mol. The Bertz CT molecular complexity index is 818. The van der Waals surface area contributed by atoms with E-state index in [1.807, 2.05) is 0 Å². The molecule has 0 amide bonds. The maximum absolute atomic E-state index is 14.6. The second-order valence-corrected chi connectivity index (χ2v) is 6.76. The van der Waals surface area contributed by atoms with Gasteiger partial charge in [-0.05, 0) is 45.4 Å². The number of halogens is 6. The fourth-order valence-electron chi connectivity index (χ4n) is 2.84. The molecule has 1 aromatic carbocycles. The summed E-state index contributed by atoms with van der Waals surface area (Å²) in [5.74, 6) is -9.98. The summed E-state index contributed by atoms with van der Waals surface area (Å²) in [6.07, 6.45) is -4.36. The molecule has 1 aliphatic carbocycles. The number of ether oxygens (including phenoxy) is 2. The van der Waals surface area contributed by atoms with Crippen molar-refractivity contribution in [1.29, 1.82) is 0 Å². The number of allylic oxidation sites excluding steroid dienone is 4. The average Bonchev–Trinajstić information content (AvgIpc) is 2.57. The van der Waals surface area contributed by atoms with Crippen LogP contribution < -0.4 is 9.47 Å². The predicted octanol–water partition coefficient (Wildman–Crippen LogP) is 5.65. The zero-order chi connectivity index (χ0) is 21.4. The quantitative estimate of drug-likeness (QED) is 0.451. The molecule has 0 aliphatic heterocycles. The van der Waals surface area contributed by atoms with Gasteiger partial charge in [0.25, 0.3) is 0 Å². The van der Waals surface area contributed by atoms with Crippen molar-refractivity contribution in [1.82, 2.24) is 0 Å². The van der Waals surface area contributed by atoms with E-state index in [-0.39, 0.29) is 11.5 Å². The van der Waals surface area contributed by atoms with E-state index in [1.54, 1.807) is 27.7 Å². The number of carbonyl (C=O) groups is 1. The van der Waals surface area contributed by atoms with E-state index < -0.39 is 58.7 Å². The fraction of sp³-hybridized carbons (Fsp3) is 0.421. The van der Waals surface area contributed by atoms with Crippen molar-refractivity contribution in [2.75, 3.05) is 0 Å². The minimum absolute atomic E-state index is 0.0976. The third kappa shape index (κ3) is 3.62. The third-order valence-corrected chi connectivity index (χ3v) is 3.93. The maximum atomic E-state index is 14.6. The summed E-state index contributed by atoms with van der Waals surface area (Å²) in [7, 11) is 0. The second-order valence-electron chi connectivity index (χ2n) is 6.76. The largest absolute Gasteiger partial charge is 0.491 e. The molecule has 28 heavy (non-hydrogen) atoms. The number of rotatable bonds is 6. The van der Waals surface area contributed by atoms with E-state index in [0.29, 0.717) is 0 Å². The first-order valence-corrected chi connectivity index (χ1v) is 8.37. The first kappa shape index (κ1) is 21.8. The Morgan fingerprint density at radius 3 is 1.79 bits per heavy atom. The average molecular weight is 408 g/mol. The summed E-state index contributed by atoms with van der Waals surface area (Å²) in [5.41, 5.74) is -4.52. The van der Waals surface area contributed by atoms with Crippen LogP contribution in [0.25, 0.3) is 0 Å². The third-order valence-electron chi connectivity index (χ3n) is 3.93. The fourth-order valence-corrected chi connectivity index (χ4v) is 2.84. The van der Waals surface area contributed by atoms with Crippen LogP contribution in [0.1, 0.15) is 33.3 Å². The van der Waals surface area contributed by atoms with Gasteiger partial charge in [0, 0.05) is 6.07 Å². The zero-order valence-electron chi connectivity index (χ0n) is 15.5. The molecule has 2 atom stereocenters. The lowest BCUT2D eigenvalue weighted by Gasteiger charge is -2.33. The van der Waals surface area contributed by atoms with Gasteiger partial charge in [-0.2, -0.15) is 4.39 Å². The normalized spacial score (nSPS) is 22.9. The molecule has 3 nitrogen and oxygen atoms in total. The lowest BCUT2D eigenvalue weighted by atomic mass is 9.72. The van der Waals surface area contributed by atoms with Crippen LogP contribution in [0, 0.1) is 0 Å². The summed E-state index contributed by atoms with van der Waals surface area (Å²) in [5, 5.41) is 0. The molecule has 0 saturated carbocycles. The van der Waals surface area contributed by atoms with Crippen LogP contribution in [-0.2, 0) is 10.2 Å². The van der Waals surface area contributed by atoms with Crippen molar-refractivity contribution in [3.63, 3.8) is 0 Å². The highest BCUT2D eigenvalue weighted by atomic mass is 19.2. The number of hydrogen-bond acceptors (Lipinski definition) is 3. The molecular weight excluding hydrogens is 390 g/mol. The predicted molar refractivity (Wildman–Crippen MR) is 89.1 cm³/mol. The van der Waals surface area contributed by atoms with Gasteiger partial charge in [-0.25, -0.2) is 22.0 Å². The van der Waals surface area contributed by atoms with Gasteiger partial charge in [0.2, 0.25) is 0 Å². The molecular formula is C19H18F6O3. The van der Waals surface area contributed by atoms with Gasteiger partial charge in [-0.3, -0.25) is 4.79 Å². The minimum Gasteiger partial charge on any atom is -0.491 e. The van der Waals surface area contributed by atoms with Gasteiger partial charge in [0.05, 0.1) is 12.2 Å². The number of carbonyl (C=O) groups excluding carboxylic acids is 1. The maximum Gasteiger partial charge on any atom is 0.322 e. The molecule has 0 N–H and O–H groups in total. The Morgan fingerprint density at radius 1 is 0.929 bits per heavy atom. The molecule has 0 radical (unpaired) electrons. The van der Waals surface area contributed by atoms with E-state index in [4.69, 9.17) is 9.47 Å². The first-order chi connectivity index (χ1) is 12.9. The summed E-state index contributed by atoms with van der Waals surface area (Å²) >= 11 is 0. The Balaban J connectivity index is 2.81. The number of benzene rings is 1. The van der Waals surface area contributed by atoms with Crippen molar-refractivity contribution in [2.24, 2.45) is 0 Å². The van der Waals surface area contributed by atoms with Crippen LogP contribution in [0.4, 0.5) is 26.3 Å². The molecule has 2 rings (SSSR count). The van der Waals surface area contributed by atoms with Crippen LogP contribution in [0.15, 0.2) is 41.5 Å². The lowest BCUT2D eigenvalue weighted by Crippen LogP contribution is -2.46. The van der Waals surface area contributed by atoms with Gasteiger partial charge in [-0.15, -0.1) is 0 Å². The van der Waals surface area contributed by atoms with Gasteiger partial charge in [-0.1, -0.05) is 0 Å². The molecule has 2 unspecified atom stereocenters. The Hall–Kier alpha value is -2.45. The zero-order valence-corrected chi connectivity index (χ0v) is 15.5. The second kappa shape index (κ2) is 7.89. The Morgan fingerprint density at radius 2 is 1.39 bits per heavy atom. The Kier molecular flexibility index (Phi) is 6.15. The standard InChI is InChI=1S/C19H18F6O3/c1-8(2)27-11-5-10(6-12(7-11)28-9(3)4)19(18(25)26)16(23)14(21)13(20)15(22)17(19)24/h5-9,16H,1-4H3. The SMILES string of the molecule is CC(C)Oc1cc(OC(C)C)cc(C2(C(=O)F)C(F)=C(F)C(F)=C(F)C2F)c1. The van der Waals surface area contributed by atoms with Gasteiger partial charge >= 0.3 is 6.04 Å². The smallest absolute Gasteiger partial charge is 0.322 e. The molecule has 0 heterocycles. The van der Waals surface area contributed by atoms with Crippen LogP contribution in [0.3, 0.4) is 0 Å². The van der Waals surface area contributed by atoms with E-state index >= 15 is 0 Å². The highest BCUT2D eigenvalue weighted by molar-refractivity contribution is 5.89. The molecule has 154 valence electrons. The van der Waals surface area contributed by atoms with Crippen molar-refractivity contribution < 1.29 is 40.6 Å². The topological polar surface area (TPSA) is 35.5 Å². The van der Waals surface area contributed by atoms with Crippen LogP contribution in [0.5, 0.6) is 11.5 Å². The molecule has 0 aromatic heterocycles. The molecule has 0 spiro atoms. The number of hydrogen-bond donors (Lipinski definition) is 0. The van der Waals surface area contributed by atoms with Gasteiger partial charge in [0.1, 0.15) is 11.5 Å². The van der Waals surface area contributed by atoms with Crippen LogP contribution >= 0.6 is 0 Å². The highest BCUT2D eigenvalue weighted by Crippen LogP contribution is 2.51. The van der Waals surface area contributed by atoms with Crippen molar-refractivity contribution in [3.05, 3.63) is 47.1 Å². The highest BCUT2D eigenvalue weighted by Gasteiger charge is 2.60. The summed E-state index contributed by atoms with van der Waals surface area (Å²) in [6, 6.07) is 0.245. The molecule has 1 aliphatic rings. The van der Waals surface area contributed by atoms with Gasteiger partial charge in [0.15, 0.2) is 34.9 Å². The first-order valence-electron chi connectivity index (χ1n) is 8.37. The van der Waals surface area contributed by atoms with Crippen molar-refractivity contribution in [2.45, 2.75) is 51.5 Å². The summed E-state index contributed by atoms with van der Waals surface area (Å²) in [6.45, 7) is 6.45. The van der Waals surface area contributed by atoms with E-state index in [9.17, 15) is 31.1 Å². The lowest BCUT2D eigenvalue weighted by molar-refractivity contribution is -0.137. The van der Waals surface area contributed by atoms with Crippen molar-refractivity contribution in [3.8, 4) is 11.5 Å². The summed E-state index contributed by atoms with van der Waals surface area (Å²) < 4.78 is 95.1. The van der Waals surface area contributed by atoms with E-state index in [1.165, 1.54) is 6.07 Å². The molecule has 0 saturated heterocycles. The van der Waals surface area contributed by atoms with Crippen LogP contribution in [-0.4, -0.2) is 24.4 Å².